The number of carbonyl (C=O) groups is 1. The van der Waals surface area contributed by atoms with Crippen LogP contribution in [0.2, 0.25) is 0 Å². The van der Waals surface area contributed by atoms with E-state index in [1.165, 1.54) is 17.3 Å². The van der Waals surface area contributed by atoms with E-state index < -0.39 is 6.09 Å². The number of likely N-dealkylation sites (tertiary alicyclic amines) is 1. The molecule has 4 rings (SSSR count). The SMILES string of the molecule is COc1cc(CC2CCN(C(=O)O)CC2)ccc1-c1cc(Nc2cnc(C#N)cn2)n[nH]1. The van der Waals surface area contributed by atoms with Crippen molar-refractivity contribution >= 4 is 17.7 Å². The highest BCUT2D eigenvalue weighted by molar-refractivity contribution is 5.71. The number of benzene rings is 1. The molecule has 0 bridgehead atoms. The number of hydrogen-bond acceptors (Lipinski definition) is 7. The number of H-pyrrole nitrogens is 1. The van der Waals surface area contributed by atoms with Crippen LogP contribution in [0.15, 0.2) is 36.7 Å². The lowest BCUT2D eigenvalue weighted by Gasteiger charge is -2.30. The first-order chi connectivity index (χ1) is 15.6. The molecule has 0 saturated carbocycles. The van der Waals surface area contributed by atoms with Gasteiger partial charge in [0.25, 0.3) is 0 Å². The van der Waals surface area contributed by atoms with Gasteiger partial charge in [0, 0.05) is 24.7 Å². The van der Waals surface area contributed by atoms with Gasteiger partial charge in [-0.05, 0) is 42.9 Å². The van der Waals surface area contributed by atoms with E-state index in [-0.39, 0.29) is 5.69 Å². The Morgan fingerprint density at radius 3 is 2.75 bits per heavy atom. The van der Waals surface area contributed by atoms with E-state index in [4.69, 9.17) is 15.1 Å². The lowest BCUT2D eigenvalue weighted by molar-refractivity contribution is 0.124. The van der Waals surface area contributed by atoms with Gasteiger partial charge >= 0.3 is 6.09 Å². The number of anilines is 2. The molecule has 0 atom stereocenters. The number of nitrogens with zero attached hydrogens (tertiary/aromatic N) is 5. The van der Waals surface area contributed by atoms with Gasteiger partial charge in [0.15, 0.2) is 11.5 Å². The van der Waals surface area contributed by atoms with Crippen molar-refractivity contribution < 1.29 is 14.6 Å². The Labute approximate surface area is 184 Å². The number of hydrogen-bond donors (Lipinski definition) is 3. The summed E-state index contributed by atoms with van der Waals surface area (Å²) in [5.74, 6) is 2.24. The molecule has 164 valence electrons. The van der Waals surface area contributed by atoms with Gasteiger partial charge in [-0.15, -0.1) is 0 Å². The highest BCUT2D eigenvalue weighted by Gasteiger charge is 2.22. The van der Waals surface area contributed by atoms with E-state index in [0.717, 1.165) is 41.8 Å². The molecule has 1 aromatic carbocycles. The van der Waals surface area contributed by atoms with Gasteiger partial charge in [-0.3, -0.25) is 5.10 Å². The minimum atomic E-state index is -0.839. The monoisotopic (exact) mass is 433 g/mol. The molecule has 3 aromatic rings. The largest absolute Gasteiger partial charge is 0.496 e. The van der Waals surface area contributed by atoms with Gasteiger partial charge < -0.3 is 20.1 Å². The summed E-state index contributed by atoms with van der Waals surface area (Å²) in [7, 11) is 1.63. The van der Waals surface area contributed by atoms with Crippen LogP contribution in [0.1, 0.15) is 24.1 Å². The van der Waals surface area contributed by atoms with Gasteiger partial charge in [0.1, 0.15) is 17.6 Å². The minimum Gasteiger partial charge on any atom is -0.496 e. The molecule has 0 radical (unpaired) electrons. The van der Waals surface area contributed by atoms with Crippen molar-refractivity contribution in [3.8, 4) is 23.1 Å². The first kappa shape index (κ1) is 21.1. The summed E-state index contributed by atoms with van der Waals surface area (Å²) in [6.45, 7) is 1.17. The highest BCUT2D eigenvalue weighted by Crippen LogP contribution is 2.32. The minimum absolute atomic E-state index is 0.246. The van der Waals surface area contributed by atoms with Crippen LogP contribution < -0.4 is 10.1 Å². The summed E-state index contributed by atoms with van der Waals surface area (Å²) in [6, 6.07) is 9.87. The molecule has 0 unspecified atom stereocenters. The fraction of sp³-hybridized carbons (Fsp3) is 0.318. The second-order valence-corrected chi connectivity index (χ2v) is 7.64. The molecular formula is C22H23N7O3. The standard InChI is InChI=1S/C22H23N7O3/c1-32-19-9-15(8-14-4-6-29(7-5-14)22(30)31)2-3-17(19)18-10-20(28-27-18)26-21-13-24-16(11-23)12-25-21/h2-3,9-10,12-14H,4-8H2,1H3,(H,30,31)(H2,25,26,27,28). The zero-order chi connectivity index (χ0) is 22.5. The average Bonchev–Trinajstić information content (AvgIpc) is 3.28. The Bertz CT molecular complexity index is 1130. The molecule has 1 aliphatic heterocycles. The Balaban J connectivity index is 1.44. The summed E-state index contributed by atoms with van der Waals surface area (Å²) in [5, 5.41) is 28.2. The second kappa shape index (κ2) is 9.34. The van der Waals surface area contributed by atoms with Crippen LogP contribution in [0.5, 0.6) is 5.75 Å². The lowest BCUT2D eigenvalue weighted by atomic mass is 9.89. The topological polar surface area (TPSA) is 140 Å². The smallest absolute Gasteiger partial charge is 0.407 e. The van der Waals surface area contributed by atoms with Crippen molar-refractivity contribution in [2.24, 2.45) is 5.92 Å². The molecular weight excluding hydrogens is 410 g/mol. The number of carboxylic acid groups (broad SMARTS) is 1. The van der Waals surface area contributed by atoms with Crippen molar-refractivity contribution in [2.45, 2.75) is 19.3 Å². The number of nitriles is 1. The number of aromatic nitrogens is 4. The average molecular weight is 433 g/mol. The molecule has 3 heterocycles. The van der Waals surface area contributed by atoms with Crippen LogP contribution in [-0.2, 0) is 6.42 Å². The van der Waals surface area contributed by atoms with Crippen molar-refractivity contribution in [2.75, 3.05) is 25.5 Å². The van der Waals surface area contributed by atoms with Gasteiger partial charge in [-0.2, -0.15) is 10.4 Å². The number of aromatic amines is 1. The van der Waals surface area contributed by atoms with Crippen LogP contribution >= 0.6 is 0 Å². The molecule has 0 aliphatic carbocycles. The fourth-order valence-corrected chi connectivity index (χ4v) is 3.85. The van der Waals surface area contributed by atoms with Crippen molar-refractivity contribution in [3.05, 3.63) is 47.9 Å². The summed E-state index contributed by atoms with van der Waals surface area (Å²) in [4.78, 5) is 20.7. The maximum atomic E-state index is 11.1. The predicted octanol–water partition coefficient (Wildman–Crippen LogP) is 3.42. The van der Waals surface area contributed by atoms with Crippen LogP contribution in [0.25, 0.3) is 11.3 Å². The maximum absolute atomic E-state index is 11.1. The van der Waals surface area contributed by atoms with Crippen LogP contribution in [-0.4, -0.2) is 56.5 Å². The Morgan fingerprint density at radius 2 is 2.09 bits per heavy atom. The molecule has 1 fully saturated rings. The molecule has 1 saturated heterocycles. The molecule has 2 aromatic heterocycles. The molecule has 10 heteroatoms. The molecule has 10 nitrogen and oxygen atoms in total. The summed E-state index contributed by atoms with van der Waals surface area (Å²) in [6.07, 6.45) is 4.65. The zero-order valence-electron chi connectivity index (χ0n) is 17.6. The highest BCUT2D eigenvalue weighted by atomic mass is 16.5. The number of amides is 1. The molecule has 1 amide bonds. The van der Waals surface area contributed by atoms with Crippen molar-refractivity contribution in [1.82, 2.24) is 25.1 Å². The summed E-state index contributed by atoms with van der Waals surface area (Å²) in [5.41, 5.74) is 3.07. The third-order valence-electron chi connectivity index (χ3n) is 5.57. The van der Waals surface area contributed by atoms with E-state index in [2.05, 4.69) is 31.5 Å². The fourth-order valence-electron chi connectivity index (χ4n) is 3.85. The first-order valence-corrected chi connectivity index (χ1v) is 10.3. The number of piperidine rings is 1. The van der Waals surface area contributed by atoms with Gasteiger partial charge in [-0.1, -0.05) is 6.07 Å². The van der Waals surface area contributed by atoms with Gasteiger partial charge in [0.05, 0.1) is 25.2 Å². The van der Waals surface area contributed by atoms with E-state index in [1.54, 1.807) is 7.11 Å². The second-order valence-electron chi connectivity index (χ2n) is 7.64. The number of ether oxygens (including phenoxy) is 1. The summed E-state index contributed by atoms with van der Waals surface area (Å²) < 4.78 is 5.62. The van der Waals surface area contributed by atoms with Crippen LogP contribution in [0.3, 0.4) is 0 Å². The quantitative estimate of drug-likeness (QED) is 0.537. The summed E-state index contributed by atoms with van der Waals surface area (Å²) >= 11 is 0. The molecule has 3 N–H and O–H groups in total. The number of methoxy groups -OCH3 is 1. The first-order valence-electron chi connectivity index (χ1n) is 10.3. The van der Waals surface area contributed by atoms with Crippen LogP contribution in [0.4, 0.5) is 16.4 Å². The van der Waals surface area contributed by atoms with E-state index >= 15 is 0 Å². The number of rotatable bonds is 6. The Kier molecular flexibility index (Phi) is 6.17. The van der Waals surface area contributed by atoms with Crippen LogP contribution in [0, 0.1) is 17.2 Å². The molecule has 1 aliphatic rings. The van der Waals surface area contributed by atoms with E-state index in [0.29, 0.717) is 30.6 Å². The predicted molar refractivity (Wildman–Crippen MR) is 117 cm³/mol. The van der Waals surface area contributed by atoms with Gasteiger partial charge in [-0.25, -0.2) is 14.8 Å². The molecule has 32 heavy (non-hydrogen) atoms. The maximum Gasteiger partial charge on any atom is 0.407 e. The normalized spacial score (nSPS) is 14.1. The Hall–Kier alpha value is -4.13. The third kappa shape index (κ3) is 4.78. The van der Waals surface area contributed by atoms with E-state index in [9.17, 15) is 4.79 Å². The van der Waals surface area contributed by atoms with E-state index in [1.807, 2.05) is 24.3 Å². The third-order valence-corrected chi connectivity index (χ3v) is 5.57. The number of nitrogens with one attached hydrogen (secondary N) is 2. The zero-order valence-corrected chi connectivity index (χ0v) is 17.6. The Morgan fingerprint density at radius 1 is 1.28 bits per heavy atom. The van der Waals surface area contributed by atoms with Crippen molar-refractivity contribution in [3.63, 3.8) is 0 Å². The molecule has 0 spiro atoms. The van der Waals surface area contributed by atoms with Crippen molar-refractivity contribution in [1.29, 1.82) is 5.26 Å². The van der Waals surface area contributed by atoms with Gasteiger partial charge in [0.2, 0.25) is 0 Å². The lowest BCUT2D eigenvalue weighted by Crippen LogP contribution is -2.37.